The Kier molecular flexibility index (Phi) is 6.55. The summed E-state index contributed by atoms with van der Waals surface area (Å²) in [7, 11) is 2.96. The van der Waals surface area contributed by atoms with Gasteiger partial charge in [0.1, 0.15) is 11.3 Å². The van der Waals surface area contributed by atoms with Gasteiger partial charge in [-0.1, -0.05) is 42.1 Å². The van der Waals surface area contributed by atoms with E-state index in [0.717, 1.165) is 20.8 Å². The van der Waals surface area contributed by atoms with Crippen LogP contribution in [-0.4, -0.2) is 10.3 Å². The van der Waals surface area contributed by atoms with Crippen LogP contribution in [0.1, 0.15) is 5.56 Å². The van der Waals surface area contributed by atoms with Crippen LogP contribution in [-0.2, 0) is 16.1 Å². The second-order valence-electron chi connectivity index (χ2n) is 4.85. The molecule has 0 bridgehead atoms. The molecule has 126 valence electrons. The molecule has 7 heteroatoms. The van der Waals surface area contributed by atoms with Crippen LogP contribution in [0.5, 0.6) is 0 Å². The van der Waals surface area contributed by atoms with Gasteiger partial charge in [-0.15, -0.1) is 0 Å². The highest BCUT2D eigenvalue weighted by atomic mass is 32.9. The maximum atomic E-state index is 11.7. The molecule has 1 aromatic heterocycles. The van der Waals surface area contributed by atoms with Crippen molar-refractivity contribution in [3.05, 3.63) is 82.5 Å². The van der Waals surface area contributed by atoms with E-state index in [1.165, 1.54) is 38.7 Å². The molecule has 0 fully saturated rings. The minimum Gasteiger partial charge on any atom is -0.458 e. The fourth-order valence-corrected chi connectivity index (χ4v) is 3.79. The van der Waals surface area contributed by atoms with E-state index in [1.807, 2.05) is 54.6 Å². The molecule has 0 unspecified atom stereocenters. The van der Waals surface area contributed by atoms with Crippen molar-refractivity contribution in [2.75, 3.05) is 0 Å². The maximum absolute atomic E-state index is 11.7. The predicted molar refractivity (Wildman–Crippen MR) is 103 cm³/mol. The molecule has 25 heavy (non-hydrogen) atoms. The Morgan fingerprint density at radius 1 is 1.16 bits per heavy atom. The van der Waals surface area contributed by atoms with Gasteiger partial charge >= 0.3 is 5.97 Å². The highest BCUT2D eigenvalue weighted by Crippen LogP contribution is 2.22. The number of hydrogen-bond acceptors (Lipinski definition) is 7. The van der Waals surface area contributed by atoms with Crippen LogP contribution in [0.4, 0.5) is 5.69 Å². The second kappa shape index (κ2) is 9.31. The number of nitrogens with zero attached hydrogens (tertiary/aromatic N) is 2. The number of carbonyl (C=O) groups excluding carboxylic acids is 1. The Morgan fingerprint density at radius 2 is 1.96 bits per heavy atom. The summed E-state index contributed by atoms with van der Waals surface area (Å²) in [5, 5.41) is 1.73. The molecular formula is C18H14N2O2S3. The molecule has 0 saturated heterocycles. The van der Waals surface area contributed by atoms with Crippen molar-refractivity contribution in [3.63, 3.8) is 0 Å². The van der Waals surface area contributed by atoms with Crippen LogP contribution in [0.15, 0.2) is 82.2 Å². The Hall–Kier alpha value is -2.22. The highest BCUT2D eigenvalue weighted by Gasteiger charge is 1.99. The van der Waals surface area contributed by atoms with E-state index in [0.29, 0.717) is 0 Å². The van der Waals surface area contributed by atoms with Gasteiger partial charge in [0.05, 0.1) is 11.9 Å². The molecule has 0 spiro atoms. The Morgan fingerprint density at radius 3 is 2.68 bits per heavy atom. The summed E-state index contributed by atoms with van der Waals surface area (Å²) in [6.45, 7) is 0.281. The Labute approximate surface area is 157 Å². The summed E-state index contributed by atoms with van der Waals surface area (Å²) in [5.74, 6) is -0.352. The summed E-state index contributed by atoms with van der Waals surface area (Å²) in [4.78, 5) is 17.2. The molecule has 0 aliphatic heterocycles. The molecule has 2 aromatic carbocycles. The quantitative estimate of drug-likeness (QED) is 0.265. The molecular weight excluding hydrogens is 372 g/mol. The van der Waals surface area contributed by atoms with E-state index in [9.17, 15) is 4.79 Å². The maximum Gasteiger partial charge on any atom is 0.331 e. The number of esters is 1. The highest BCUT2D eigenvalue weighted by molar-refractivity contribution is 8.02. The summed E-state index contributed by atoms with van der Waals surface area (Å²) in [6.07, 6.45) is 3.19. The van der Waals surface area contributed by atoms with E-state index >= 15 is 0 Å². The predicted octanol–water partition coefficient (Wildman–Crippen LogP) is 4.79. The number of rotatable bonds is 6. The van der Waals surface area contributed by atoms with Gasteiger partial charge < -0.3 is 4.74 Å². The van der Waals surface area contributed by atoms with Crippen LogP contribution in [0.25, 0.3) is 0 Å². The van der Waals surface area contributed by atoms with Crippen molar-refractivity contribution < 1.29 is 9.53 Å². The van der Waals surface area contributed by atoms with Gasteiger partial charge in [0, 0.05) is 21.5 Å². The molecule has 0 amide bonds. The lowest BCUT2D eigenvalue weighted by Gasteiger charge is -2.01. The van der Waals surface area contributed by atoms with E-state index in [2.05, 4.69) is 9.37 Å². The number of ether oxygens (including phenoxy) is 1. The Balaban J connectivity index is 1.48. The number of benzene rings is 2. The number of thioether (sulfide) groups is 1. The van der Waals surface area contributed by atoms with Crippen molar-refractivity contribution in [1.82, 2.24) is 4.37 Å². The topological polar surface area (TPSA) is 51.5 Å². The summed E-state index contributed by atoms with van der Waals surface area (Å²) in [6, 6.07) is 17.4. The lowest BCUT2D eigenvalue weighted by molar-refractivity contribution is -0.138. The van der Waals surface area contributed by atoms with Gasteiger partial charge in [0.2, 0.25) is 0 Å². The lowest BCUT2D eigenvalue weighted by Crippen LogP contribution is -2.00. The van der Waals surface area contributed by atoms with E-state index < -0.39 is 0 Å². The van der Waals surface area contributed by atoms with E-state index in [4.69, 9.17) is 4.74 Å². The summed E-state index contributed by atoms with van der Waals surface area (Å²) in [5.41, 5.74) is 1.85. The molecule has 4 nitrogen and oxygen atoms in total. The minimum atomic E-state index is -0.352. The van der Waals surface area contributed by atoms with Gasteiger partial charge in [-0.2, -0.15) is 4.37 Å². The first-order chi connectivity index (χ1) is 12.3. The van der Waals surface area contributed by atoms with E-state index in [-0.39, 0.29) is 12.6 Å². The van der Waals surface area contributed by atoms with Gasteiger partial charge in [-0.3, -0.25) is 0 Å². The minimum absolute atomic E-state index is 0.281. The molecule has 0 aliphatic rings. The van der Waals surface area contributed by atoms with Crippen LogP contribution in [0.2, 0.25) is 0 Å². The average Bonchev–Trinajstić information content (AvgIpc) is 3.15. The molecule has 0 aliphatic carbocycles. The third-order valence-corrected chi connectivity index (χ3v) is 5.48. The zero-order valence-electron chi connectivity index (χ0n) is 13.1. The SMILES string of the molecule is O=C(/C=C/Sc1ccc(/N=c2/cnss2)cc1)OCc1ccccc1. The fraction of sp³-hybridized carbons (Fsp3) is 0.0556. The van der Waals surface area contributed by atoms with Crippen molar-refractivity contribution in [2.45, 2.75) is 11.5 Å². The molecule has 3 aromatic rings. The number of aromatic nitrogens is 1. The van der Waals surface area contributed by atoms with Crippen molar-refractivity contribution >= 4 is 44.3 Å². The van der Waals surface area contributed by atoms with Crippen LogP contribution >= 0.6 is 32.6 Å². The number of hydrogen-bond donors (Lipinski definition) is 0. The van der Waals surface area contributed by atoms with Crippen molar-refractivity contribution in [1.29, 1.82) is 0 Å². The van der Waals surface area contributed by atoms with Gasteiger partial charge in [-0.25, -0.2) is 9.79 Å². The zero-order valence-corrected chi connectivity index (χ0v) is 15.5. The molecule has 0 radical (unpaired) electrons. The first kappa shape index (κ1) is 17.6. The van der Waals surface area contributed by atoms with Crippen molar-refractivity contribution in [2.24, 2.45) is 4.99 Å². The first-order valence-corrected chi connectivity index (χ1v) is 10.4. The fourth-order valence-electron chi connectivity index (χ4n) is 1.87. The van der Waals surface area contributed by atoms with Crippen LogP contribution in [0.3, 0.4) is 0 Å². The standard InChI is InChI=1S/C18H14N2O2S3/c21-18(22-13-14-4-2-1-3-5-14)10-11-23-16-8-6-15(7-9-16)20-17-12-19-25-24-17/h1-12H,13H2/b11-10+,20-17-. The lowest BCUT2D eigenvalue weighted by atomic mass is 10.2. The largest absolute Gasteiger partial charge is 0.458 e. The normalized spacial score (nSPS) is 11.8. The van der Waals surface area contributed by atoms with Crippen LogP contribution in [0, 0.1) is 0 Å². The van der Waals surface area contributed by atoms with Crippen molar-refractivity contribution in [3.8, 4) is 0 Å². The van der Waals surface area contributed by atoms with Gasteiger partial charge in [0.15, 0.2) is 0 Å². The number of carbonyl (C=O) groups is 1. The molecule has 0 N–H and O–H groups in total. The second-order valence-corrected chi connectivity index (χ2v) is 7.72. The van der Waals surface area contributed by atoms with Crippen LogP contribution < -0.4 is 4.67 Å². The Bertz CT molecular complexity index is 883. The van der Waals surface area contributed by atoms with Gasteiger partial charge in [0.25, 0.3) is 0 Å². The summed E-state index contributed by atoms with van der Waals surface area (Å²) < 4.78 is 10.1. The third-order valence-electron chi connectivity index (χ3n) is 3.04. The monoisotopic (exact) mass is 386 g/mol. The zero-order chi connectivity index (χ0) is 17.3. The molecule has 3 rings (SSSR count). The first-order valence-electron chi connectivity index (χ1n) is 7.39. The average molecular weight is 387 g/mol. The summed E-state index contributed by atoms with van der Waals surface area (Å²) >= 11 is 1.46. The molecule has 1 heterocycles. The molecule has 0 atom stereocenters. The smallest absolute Gasteiger partial charge is 0.331 e. The van der Waals surface area contributed by atoms with Gasteiger partial charge in [-0.05, 0) is 45.6 Å². The van der Waals surface area contributed by atoms with E-state index in [1.54, 1.807) is 11.6 Å². The third kappa shape index (κ3) is 5.97. The molecule has 0 saturated carbocycles.